The van der Waals surface area contributed by atoms with E-state index in [4.69, 9.17) is 0 Å². The quantitative estimate of drug-likeness (QED) is 0.666. The Hall–Kier alpha value is -0.790. The number of aromatic amines is 1. The standard InChI is InChI=1S/C8H14N2/c1-4-8-7(6(2)3)5-9-10-8/h5-6H,4H2,1-3H3,(H,9,10). The Balaban J connectivity index is 2.90. The van der Waals surface area contributed by atoms with Gasteiger partial charge < -0.3 is 0 Å². The molecular formula is C8H14N2. The van der Waals surface area contributed by atoms with E-state index < -0.39 is 0 Å². The lowest BCUT2D eigenvalue weighted by Gasteiger charge is -2.02. The number of hydrogen-bond donors (Lipinski definition) is 1. The highest BCUT2D eigenvalue weighted by Crippen LogP contribution is 2.16. The van der Waals surface area contributed by atoms with Crippen molar-refractivity contribution in [1.29, 1.82) is 0 Å². The molecule has 0 radical (unpaired) electrons. The predicted molar refractivity (Wildman–Crippen MR) is 42.1 cm³/mol. The smallest absolute Gasteiger partial charge is 0.0524 e. The van der Waals surface area contributed by atoms with Crippen LogP contribution in [0.2, 0.25) is 0 Å². The molecule has 10 heavy (non-hydrogen) atoms. The zero-order valence-corrected chi connectivity index (χ0v) is 6.81. The summed E-state index contributed by atoms with van der Waals surface area (Å²) in [5, 5.41) is 6.98. The van der Waals surface area contributed by atoms with Crippen LogP contribution in [0.1, 0.15) is 37.9 Å². The fourth-order valence-corrected chi connectivity index (χ4v) is 1.10. The second-order valence-corrected chi connectivity index (χ2v) is 2.81. The molecule has 2 heteroatoms. The van der Waals surface area contributed by atoms with Crippen LogP contribution < -0.4 is 0 Å². The molecule has 0 fully saturated rings. The average molecular weight is 138 g/mol. The van der Waals surface area contributed by atoms with Crippen LogP contribution in [0.4, 0.5) is 0 Å². The minimum atomic E-state index is 0.591. The van der Waals surface area contributed by atoms with Gasteiger partial charge in [0.15, 0.2) is 0 Å². The summed E-state index contributed by atoms with van der Waals surface area (Å²) in [7, 11) is 0. The third-order valence-corrected chi connectivity index (χ3v) is 1.73. The summed E-state index contributed by atoms with van der Waals surface area (Å²) in [6.07, 6.45) is 2.97. The minimum Gasteiger partial charge on any atom is -0.282 e. The predicted octanol–water partition coefficient (Wildman–Crippen LogP) is 2.10. The van der Waals surface area contributed by atoms with Crippen LogP contribution >= 0.6 is 0 Å². The van der Waals surface area contributed by atoms with Gasteiger partial charge in [0.25, 0.3) is 0 Å². The number of aromatic nitrogens is 2. The molecule has 0 aromatic carbocycles. The molecule has 0 atom stereocenters. The highest BCUT2D eigenvalue weighted by atomic mass is 15.1. The molecule has 56 valence electrons. The van der Waals surface area contributed by atoms with Crippen molar-refractivity contribution in [2.24, 2.45) is 0 Å². The van der Waals surface area contributed by atoms with Crippen molar-refractivity contribution in [3.8, 4) is 0 Å². The number of nitrogens with zero attached hydrogens (tertiary/aromatic N) is 1. The number of H-pyrrole nitrogens is 1. The van der Waals surface area contributed by atoms with E-state index in [2.05, 4.69) is 31.0 Å². The van der Waals surface area contributed by atoms with Gasteiger partial charge in [0, 0.05) is 5.69 Å². The van der Waals surface area contributed by atoms with Gasteiger partial charge in [-0.25, -0.2) is 0 Å². The Morgan fingerprint density at radius 3 is 2.70 bits per heavy atom. The van der Waals surface area contributed by atoms with Crippen molar-refractivity contribution >= 4 is 0 Å². The first-order valence-corrected chi connectivity index (χ1v) is 3.77. The minimum absolute atomic E-state index is 0.591. The molecule has 0 spiro atoms. The van der Waals surface area contributed by atoms with E-state index in [0.29, 0.717) is 5.92 Å². The lowest BCUT2D eigenvalue weighted by molar-refractivity contribution is 0.841. The molecule has 0 aliphatic rings. The summed E-state index contributed by atoms with van der Waals surface area (Å²) in [6, 6.07) is 0. The van der Waals surface area contributed by atoms with Crippen molar-refractivity contribution in [3.05, 3.63) is 17.5 Å². The molecule has 1 rings (SSSR count). The Kier molecular flexibility index (Phi) is 2.10. The highest BCUT2D eigenvalue weighted by molar-refractivity contribution is 5.19. The summed E-state index contributed by atoms with van der Waals surface area (Å²) in [5.41, 5.74) is 2.62. The van der Waals surface area contributed by atoms with E-state index in [1.165, 1.54) is 11.3 Å². The Bertz CT molecular complexity index is 201. The molecule has 0 aliphatic carbocycles. The van der Waals surface area contributed by atoms with Gasteiger partial charge in [0.2, 0.25) is 0 Å². The second kappa shape index (κ2) is 2.86. The maximum Gasteiger partial charge on any atom is 0.0524 e. The Labute approximate surface area is 61.7 Å². The normalized spacial score (nSPS) is 10.8. The fraction of sp³-hybridized carbons (Fsp3) is 0.625. The van der Waals surface area contributed by atoms with Crippen LogP contribution in [0.25, 0.3) is 0 Å². The molecule has 0 saturated carbocycles. The third-order valence-electron chi connectivity index (χ3n) is 1.73. The molecular weight excluding hydrogens is 124 g/mol. The maximum atomic E-state index is 3.99. The molecule has 0 unspecified atom stereocenters. The summed E-state index contributed by atoms with van der Waals surface area (Å²) in [6.45, 7) is 6.51. The summed E-state index contributed by atoms with van der Waals surface area (Å²) >= 11 is 0. The molecule has 1 aromatic heterocycles. The summed E-state index contributed by atoms with van der Waals surface area (Å²) in [5.74, 6) is 0.591. The van der Waals surface area contributed by atoms with E-state index in [-0.39, 0.29) is 0 Å². The molecule has 0 aliphatic heterocycles. The summed E-state index contributed by atoms with van der Waals surface area (Å²) in [4.78, 5) is 0. The van der Waals surface area contributed by atoms with Gasteiger partial charge in [-0.15, -0.1) is 0 Å². The van der Waals surface area contributed by atoms with Crippen molar-refractivity contribution in [3.63, 3.8) is 0 Å². The monoisotopic (exact) mass is 138 g/mol. The van der Waals surface area contributed by atoms with Gasteiger partial charge in [0.1, 0.15) is 0 Å². The van der Waals surface area contributed by atoms with Gasteiger partial charge in [-0.3, -0.25) is 5.10 Å². The lowest BCUT2D eigenvalue weighted by atomic mass is 10.0. The third kappa shape index (κ3) is 1.20. The molecule has 1 N–H and O–H groups in total. The van der Waals surface area contributed by atoms with Crippen molar-refractivity contribution in [2.75, 3.05) is 0 Å². The first-order chi connectivity index (χ1) is 4.75. The van der Waals surface area contributed by atoms with Crippen LogP contribution in [0.5, 0.6) is 0 Å². The van der Waals surface area contributed by atoms with Gasteiger partial charge >= 0.3 is 0 Å². The molecule has 1 heterocycles. The SMILES string of the molecule is CCc1[nH]ncc1C(C)C. The van der Waals surface area contributed by atoms with Crippen LogP contribution in [0.3, 0.4) is 0 Å². The number of rotatable bonds is 2. The van der Waals surface area contributed by atoms with E-state index in [0.717, 1.165) is 6.42 Å². The van der Waals surface area contributed by atoms with E-state index in [1.807, 2.05) is 6.20 Å². The van der Waals surface area contributed by atoms with Crippen LogP contribution in [0, 0.1) is 0 Å². The number of aryl methyl sites for hydroxylation is 1. The topological polar surface area (TPSA) is 28.7 Å². The van der Waals surface area contributed by atoms with Crippen LogP contribution in [-0.4, -0.2) is 10.2 Å². The fourth-order valence-electron chi connectivity index (χ4n) is 1.10. The highest BCUT2D eigenvalue weighted by Gasteiger charge is 2.05. The molecule has 1 aromatic rings. The molecule has 0 bridgehead atoms. The molecule has 2 nitrogen and oxygen atoms in total. The maximum absolute atomic E-state index is 3.99. The zero-order chi connectivity index (χ0) is 7.56. The van der Waals surface area contributed by atoms with Gasteiger partial charge in [-0.2, -0.15) is 5.10 Å². The molecule has 0 amide bonds. The van der Waals surface area contributed by atoms with Crippen molar-refractivity contribution in [2.45, 2.75) is 33.1 Å². The number of hydrogen-bond acceptors (Lipinski definition) is 1. The van der Waals surface area contributed by atoms with Crippen molar-refractivity contribution < 1.29 is 0 Å². The lowest BCUT2D eigenvalue weighted by Crippen LogP contribution is -1.90. The Morgan fingerprint density at radius 2 is 2.30 bits per heavy atom. The summed E-state index contributed by atoms with van der Waals surface area (Å²) < 4.78 is 0. The van der Waals surface area contributed by atoms with Gasteiger partial charge in [0.05, 0.1) is 6.20 Å². The van der Waals surface area contributed by atoms with Gasteiger partial charge in [-0.1, -0.05) is 20.8 Å². The first kappa shape index (κ1) is 7.32. The van der Waals surface area contributed by atoms with Crippen molar-refractivity contribution in [1.82, 2.24) is 10.2 Å². The van der Waals surface area contributed by atoms with Crippen LogP contribution in [-0.2, 0) is 6.42 Å². The molecule has 0 saturated heterocycles. The first-order valence-electron chi connectivity index (χ1n) is 3.77. The van der Waals surface area contributed by atoms with E-state index >= 15 is 0 Å². The zero-order valence-electron chi connectivity index (χ0n) is 6.81. The number of nitrogens with one attached hydrogen (secondary N) is 1. The average Bonchev–Trinajstić information content (AvgIpc) is 2.33. The second-order valence-electron chi connectivity index (χ2n) is 2.81. The van der Waals surface area contributed by atoms with Crippen LogP contribution in [0.15, 0.2) is 6.20 Å². The largest absolute Gasteiger partial charge is 0.282 e. The Morgan fingerprint density at radius 1 is 1.60 bits per heavy atom. The van der Waals surface area contributed by atoms with E-state index in [9.17, 15) is 0 Å². The van der Waals surface area contributed by atoms with Gasteiger partial charge in [-0.05, 0) is 17.9 Å². The van der Waals surface area contributed by atoms with E-state index in [1.54, 1.807) is 0 Å².